The summed E-state index contributed by atoms with van der Waals surface area (Å²) in [5, 5.41) is 6.14. The molecule has 1 aromatic heterocycles. The van der Waals surface area contributed by atoms with E-state index in [4.69, 9.17) is 0 Å². The SMILES string of the molecule is O=C(Nc1ccc(Nc2ccccc2)nc1)C(c1ccccc1)N1CCCCC1=O. The van der Waals surface area contributed by atoms with E-state index in [9.17, 15) is 9.59 Å². The average Bonchev–Trinajstić information content (AvgIpc) is 2.78. The number of nitrogens with one attached hydrogen (secondary N) is 2. The van der Waals surface area contributed by atoms with Gasteiger partial charge < -0.3 is 15.5 Å². The van der Waals surface area contributed by atoms with Crippen LogP contribution in [-0.4, -0.2) is 28.2 Å². The van der Waals surface area contributed by atoms with Crippen LogP contribution in [-0.2, 0) is 9.59 Å². The first-order valence-corrected chi connectivity index (χ1v) is 10.1. The molecule has 1 unspecified atom stereocenters. The second-order valence-corrected chi connectivity index (χ2v) is 7.27. The van der Waals surface area contributed by atoms with Gasteiger partial charge in [0.15, 0.2) is 0 Å². The zero-order valence-corrected chi connectivity index (χ0v) is 16.6. The van der Waals surface area contributed by atoms with Crippen molar-refractivity contribution in [2.45, 2.75) is 25.3 Å². The summed E-state index contributed by atoms with van der Waals surface area (Å²) in [5.41, 5.74) is 2.33. The van der Waals surface area contributed by atoms with Crippen LogP contribution < -0.4 is 10.6 Å². The first-order valence-electron chi connectivity index (χ1n) is 10.1. The maximum atomic E-state index is 13.2. The summed E-state index contributed by atoms with van der Waals surface area (Å²) in [7, 11) is 0. The number of hydrogen-bond donors (Lipinski definition) is 2. The van der Waals surface area contributed by atoms with E-state index in [-0.39, 0.29) is 11.8 Å². The molecule has 2 amide bonds. The number of likely N-dealkylation sites (tertiary alicyclic amines) is 1. The van der Waals surface area contributed by atoms with Crippen LogP contribution in [0.25, 0.3) is 0 Å². The van der Waals surface area contributed by atoms with Crippen LogP contribution in [0.5, 0.6) is 0 Å². The minimum absolute atomic E-state index is 0.0192. The molecule has 30 heavy (non-hydrogen) atoms. The van der Waals surface area contributed by atoms with Crippen molar-refractivity contribution < 1.29 is 9.59 Å². The van der Waals surface area contributed by atoms with Crippen LogP contribution in [0.2, 0.25) is 0 Å². The lowest BCUT2D eigenvalue weighted by atomic mass is 10.0. The summed E-state index contributed by atoms with van der Waals surface area (Å²) in [6.45, 7) is 0.587. The Morgan fingerprint density at radius 2 is 1.63 bits per heavy atom. The van der Waals surface area contributed by atoms with Crippen molar-refractivity contribution in [2.75, 3.05) is 17.2 Å². The zero-order chi connectivity index (χ0) is 20.8. The van der Waals surface area contributed by atoms with Crippen LogP contribution in [0.15, 0.2) is 79.0 Å². The van der Waals surface area contributed by atoms with E-state index in [1.807, 2.05) is 66.7 Å². The minimum atomic E-state index is -0.652. The number of anilines is 3. The number of carbonyl (C=O) groups is 2. The van der Waals surface area contributed by atoms with Gasteiger partial charge >= 0.3 is 0 Å². The van der Waals surface area contributed by atoms with Crippen LogP contribution in [0, 0.1) is 0 Å². The molecule has 0 radical (unpaired) electrons. The standard InChI is InChI=1S/C24H24N4O2/c29-22-13-7-8-16-28(22)23(18-9-3-1-4-10-18)24(30)27-20-14-15-21(25-17-20)26-19-11-5-2-6-12-19/h1-6,9-12,14-15,17,23H,7-8,13,16H2,(H,25,26)(H,27,30). The smallest absolute Gasteiger partial charge is 0.251 e. The summed E-state index contributed by atoms with van der Waals surface area (Å²) in [6, 6.07) is 22.2. The molecule has 2 aromatic carbocycles. The fourth-order valence-electron chi connectivity index (χ4n) is 3.63. The summed E-state index contributed by atoms with van der Waals surface area (Å²) in [4.78, 5) is 31.8. The molecule has 2 N–H and O–H groups in total. The van der Waals surface area contributed by atoms with Gasteiger partial charge in [-0.2, -0.15) is 0 Å². The normalized spacial score (nSPS) is 14.8. The van der Waals surface area contributed by atoms with Gasteiger partial charge in [0.05, 0.1) is 11.9 Å². The molecule has 0 spiro atoms. The maximum absolute atomic E-state index is 13.2. The Bertz CT molecular complexity index is 991. The number of aromatic nitrogens is 1. The second-order valence-electron chi connectivity index (χ2n) is 7.27. The number of para-hydroxylation sites is 1. The van der Waals surface area contributed by atoms with E-state index in [0.717, 1.165) is 24.1 Å². The second kappa shape index (κ2) is 9.22. The van der Waals surface area contributed by atoms with E-state index in [1.54, 1.807) is 17.2 Å². The molecular formula is C24H24N4O2. The molecule has 6 nitrogen and oxygen atoms in total. The minimum Gasteiger partial charge on any atom is -0.340 e. The van der Waals surface area contributed by atoms with E-state index < -0.39 is 6.04 Å². The van der Waals surface area contributed by atoms with Gasteiger partial charge in [0, 0.05) is 18.7 Å². The maximum Gasteiger partial charge on any atom is 0.251 e. The van der Waals surface area contributed by atoms with Gasteiger partial charge in [-0.15, -0.1) is 0 Å². The topological polar surface area (TPSA) is 74.3 Å². The third-order valence-electron chi connectivity index (χ3n) is 5.11. The highest BCUT2D eigenvalue weighted by atomic mass is 16.2. The highest BCUT2D eigenvalue weighted by molar-refractivity contribution is 5.98. The van der Waals surface area contributed by atoms with Gasteiger partial charge in [0.1, 0.15) is 11.9 Å². The van der Waals surface area contributed by atoms with Crippen molar-refractivity contribution in [3.63, 3.8) is 0 Å². The highest BCUT2D eigenvalue weighted by Crippen LogP contribution is 2.27. The molecule has 2 heterocycles. The van der Waals surface area contributed by atoms with Gasteiger partial charge in [0.2, 0.25) is 5.91 Å². The van der Waals surface area contributed by atoms with Crippen molar-refractivity contribution in [3.8, 4) is 0 Å². The Hall–Kier alpha value is -3.67. The fourth-order valence-corrected chi connectivity index (χ4v) is 3.63. The van der Waals surface area contributed by atoms with Crippen LogP contribution in [0.4, 0.5) is 17.2 Å². The monoisotopic (exact) mass is 400 g/mol. The summed E-state index contributed by atoms with van der Waals surface area (Å²) in [6.07, 6.45) is 3.88. The van der Waals surface area contributed by atoms with Crippen molar-refractivity contribution in [1.29, 1.82) is 0 Å². The molecule has 1 saturated heterocycles. The molecule has 1 aliphatic rings. The molecule has 1 aliphatic heterocycles. The Kier molecular flexibility index (Phi) is 6.03. The van der Waals surface area contributed by atoms with Crippen molar-refractivity contribution in [1.82, 2.24) is 9.88 Å². The van der Waals surface area contributed by atoms with Gasteiger partial charge in [-0.25, -0.2) is 4.98 Å². The Morgan fingerprint density at radius 1 is 0.900 bits per heavy atom. The fraction of sp³-hybridized carbons (Fsp3) is 0.208. The quantitative estimate of drug-likeness (QED) is 0.638. The van der Waals surface area contributed by atoms with Crippen molar-refractivity contribution in [2.24, 2.45) is 0 Å². The third kappa shape index (κ3) is 4.66. The third-order valence-corrected chi connectivity index (χ3v) is 5.11. The molecule has 0 saturated carbocycles. The van der Waals surface area contributed by atoms with Gasteiger partial charge in [-0.3, -0.25) is 9.59 Å². The van der Waals surface area contributed by atoms with Gasteiger partial charge in [-0.05, 0) is 42.7 Å². The molecule has 6 heteroatoms. The lowest BCUT2D eigenvalue weighted by molar-refractivity contribution is -0.141. The number of piperidine rings is 1. The number of hydrogen-bond acceptors (Lipinski definition) is 4. The highest BCUT2D eigenvalue weighted by Gasteiger charge is 2.32. The largest absolute Gasteiger partial charge is 0.340 e. The Balaban J connectivity index is 1.50. The molecule has 0 aliphatic carbocycles. The number of amides is 2. The van der Waals surface area contributed by atoms with Crippen LogP contribution in [0.1, 0.15) is 30.9 Å². The predicted octanol–water partition coefficient (Wildman–Crippen LogP) is 4.52. The number of carbonyl (C=O) groups excluding carboxylic acids is 2. The van der Waals surface area contributed by atoms with E-state index in [0.29, 0.717) is 24.5 Å². The summed E-state index contributed by atoms with van der Waals surface area (Å²) >= 11 is 0. The van der Waals surface area contributed by atoms with E-state index in [1.165, 1.54) is 0 Å². The van der Waals surface area contributed by atoms with Crippen molar-refractivity contribution >= 4 is 29.0 Å². The lowest BCUT2D eigenvalue weighted by Crippen LogP contribution is -2.43. The molecular weight excluding hydrogens is 376 g/mol. The van der Waals surface area contributed by atoms with E-state index >= 15 is 0 Å². The summed E-state index contributed by atoms with van der Waals surface area (Å²) in [5.74, 6) is 0.470. The molecule has 152 valence electrons. The molecule has 3 aromatic rings. The molecule has 0 bridgehead atoms. The number of pyridine rings is 1. The zero-order valence-electron chi connectivity index (χ0n) is 16.6. The molecule has 1 atom stereocenters. The Morgan fingerprint density at radius 3 is 2.30 bits per heavy atom. The first kappa shape index (κ1) is 19.6. The summed E-state index contributed by atoms with van der Waals surface area (Å²) < 4.78 is 0. The predicted molar refractivity (Wildman–Crippen MR) is 117 cm³/mol. The number of rotatable bonds is 6. The van der Waals surface area contributed by atoms with E-state index in [2.05, 4.69) is 15.6 Å². The molecule has 4 rings (SSSR count). The van der Waals surface area contributed by atoms with Gasteiger partial charge in [0.25, 0.3) is 5.91 Å². The number of benzene rings is 2. The first-order chi connectivity index (χ1) is 14.7. The van der Waals surface area contributed by atoms with Crippen LogP contribution in [0.3, 0.4) is 0 Å². The average molecular weight is 400 g/mol. The van der Waals surface area contributed by atoms with Crippen LogP contribution >= 0.6 is 0 Å². The lowest BCUT2D eigenvalue weighted by Gasteiger charge is -2.34. The Labute approximate surface area is 175 Å². The molecule has 1 fully saturated rings. The van der Waals surface area contributed by atoms with Gasteiger partial charge in [-0.1, -0.05) is 48.5 Å². The number of nitrogens with zero attached hydrogens (tertiary/aromatic N) is 2. The van der Waals surface area contributed by atoms with Crippen molar-refractivity contribution in [3.05, 3.63) is 84.6 Å².